The Labute approximate surface area is 246 Å². The van der Waals surface area contributed by atoms with Crippen LogP contribution in [0.1, 0.15) is 52.0 Å². The average molecular weight is 615 g/mol. The minimum Gasteiger partial charge on any atom is -0.486 e. The highest BCUT2D eigenvalue weighted by Crippen LogP contribution is 2.35. The molecule has 1 N–H and O–H groups in total. The van der Waals surface area contributed by atoms with Crippen molar-refractivity contribution in [3.05, 3.63) is 52.0 Å². The highest BCUT2D eigenvalue weighted by molar-refractivity contribution is 7.92. The fourth-order valence-corrected chi connectivity index (χ4v) is 5.66. The predicted molar refractivity (Wildman–Crippen MR) is 158 cm³/mol. The Morgan fingerprint density at radius 1 is 1.00 bits per heavy atom. The first kappa shape index (κ1) is 31.8. The van der Waals surface area contributed by atoms with E-state index in [4.69, 9.17) is 32.7 Å². The average Bonchev–Trinajstić information content (AvgIpc) is 2.91. The second-order valence-corrected chi connectivity index (χ2v) is 12.5. The maximum Gasteiger partial charge on any atom is 0.243 e. The fourth-order valence-electron chi connectivity index (χ4n) is 4.39. The first-order valence-corrected chi connectivity index (χ1v) is 16.0. The number of benzene rings is 2. The van der Waals surface area contributed by atoms with Crippen molar-refractivity contribution in [1.82, 2.24) is 10.2 Å². The van der Waals surface area contributed by atoms with Gasteiger partial charge in [-0.1, -0.05) is 43.1 Å². The van der Waals surface area contributed by atoms with Gasteiger partial charge in [-0.25, -0.2) is 8.42 Å². The van der Waals surface area contributed by atoms with Crippen molar-refractivity contribution in [1.29, 1.82) is 0 Å². The molecular formula is C28H37Cl2N3O6S. The van der Waals surface area contributed by atoms with Gasteiger partial charge in [0.15, 0.2) is 11.5 Å². The lowest BCUT2D eigenvalue weighted by Gasteiger charge is -2.32. The molecule has 1 aliphatic heterocycles. The molecule has 0 spiro atoms. The molecule has 2 aromatic rings. The van der Waals surface area contributed by atoms with Crippen LogP contribution in [0, 0.1) is 0 Å². The smallest absolute Gasteiger partial charge is 0.243 e. The van der Waals surface area contributed by atoms with Crippen LogP contribution in [-0.4, -0.2) is 63.2 Å². The topological polar surface area (TPSA) is 105 Å². The number of fused-ring (bicyclic) bond motifs is 1. The number of rotatable bonds is 13. The Hall–Kier alpha value is -2.69. The van der Waals surface area contributed by atoms with Crippen LogP contribution in [0.25, 0.3) is 0 Å². The molecule has 0 bridgehead atoms. The van der Waals surface area contributed by atoms with Gasteiger partial charge in [0, 0.05) is 31.6 Å². The largest absolute Gasteiger partial charge is 0.486 e. The van der Waals surface area contributed by atoms with Crippen molar-refractivity contribution in [2.45, 2.75) is 65.1 Å². The van der Waals surface area contributed by atoms with E-state index in [1.165, 1.54) is 9.21 Å². The Morgan fingerprint density at radius 3 is 2.33 bits per heavy atom. The third kappa shape index (κ3) is 8.41. The number of sulfonamides is 1. The summed E-state index contributed by atoms with van der Waals surface area (Å²) in [7, 11) is -3.65. The Bertz CT molecular complexity index is 1310. The molecular weight excluding hydrogens is 577 g/mol. The third-order valence-corrected chi connectivity index (χ3v) is 8.62. The number of carbonyl (C=O) groups excluding carboxylic acids is 2. The molecule has 1 heterocycles. The van der Waals surface area contributed by atoms with Gasteiger partial charge >= 0.3 is 0 Å². The molecule has 0 aliphatic carbocycles. The van der Waals surface area contributed by atoms with E-state index >= 15 is 0 Å². The van der Waals surface area contributed by atoms with Gasteiger partial charge in [0.2, 0.25) is 21.8 Å². The quantitative estimate of drug-likeness (QED) is 0.339. The molecule has 0 radical (unpaired) electrons. The summed E-state index contributed by atoms with van der Waals surface area (Å²) in [5.74, 6) is 0.518. The van der Waals surface area contributed by atoms with Crippen LogP contribution in [-0.2, 0) is 26.2 Å². The van der Waals surface area contributed by atoms with Crippen LogP contribution < -0.4 is 19.1 Å². The van der Waals surface area contributed by atoms with Gasteiger partial charge < -0.3 is 19.7 Å². The number of nitrogens with zero attached hydrogens (tertiary/aromatic N) is 2. The van der Waals surface area contributed by atoms with Gasteiger partial charge in [0.25, 0.3) is 0 Å². The maximum absolute atomic E-state index is 13.6. The summed E-state index contributed by atoms with van der Waals surface area (Å²) in [5, 5.41) is 3.72. The molecule has 0 saturated heterocycles. The van der Waals surface area contributed by atoms with Gasteiger partial charge in [0.05, 0.1) is 22.0 Å². The van der Waals surface area contributed by atoms with Crippen molar-refractivity contribution < 1.29 is 27.5 Å². The van der Waals surface area contributed by atoms with E-state index in [0.717, 1.165) is 18.2 Å². The summed E-state index contributed by atoms with van der Waals surface area (Å²) in [5.41, 5.74) is 1.15. The van der Waals surface area contributed by atoms with Crippen LogP contribution >= 0.6 is 23.2 Å². The van der Waals surface area contributed by atoms with Crippen molar-refractivity contribution >= 4 is 50.7 Å². The molecule has 0 fully saturated rings. The van der Waals surface area contributed by atoms with Gasteiger partial charge in [-0.05, 0) is 56.0 Å². The first-order chi connectivity index (χ1) is 18.9. The minimum absolute atomic E-state index is 0.0327. The van der Waals surface area contributed by atoms with Crippen LogP contribution in [0.3, 0.4) is 0 Å². The molecule has 40 heavy (non-hydrogen) atoms. The molecule has 9 nitrogen and oxygen atoms in total. The molecule has 2 amide bonds. The Kier molecular flexibility index (Phi) is 11.4. The summed E-state index contributed by atoms with van der Waals surface area (Å²) in [6, 6.07) is 9.29. The summed E-state index contributed by atoms with van der Waals surface area (Å²) in [6.07, 6.45) is 2.55. The highest BCUT2D eigenvalue weighted by atomic mass is 35.5. The Morgan fingerprint density at radius 2 is 1.70 bits per heavy atom. The zero-order chi connectivity index (χ0) is 29.4. The van der Waals surface area contributed by atoms with Crippen LogP contribution in [0.2, 0.25) is 10.0 Å². The SMILES string of the molecule is CC[C@H](C)NC(=O)[C@H](CC)N(Cc1ccc(Cl)c(Cl)c1)C(=O)CCCN(c1ccc2c(c1)OCCO2)S(C)(=O)=O. The van der Waals surface area contributed by atoms with Crippen molar-refractivity contribution in [2.24, 2.45) is 0 Å². The Balaban J connectivity index is 1.79. The monoisotopic (exact) mass is 613 g/mol. The lowest BCUT2D eigenvalue weighted by molar-refractivity contribution is -0.141. The molecule has 2 atom stereocenters. The minimum atomic E-state index is -3.65. The number of anilines is 1. The van der Waals surface area contributed by atoms with Gasteiger partial charge in [0.1, 0.15) is 19.3 Å². The summed E-state index contributed by atoms with van der Waals surface area (Å²) < 4.78 is 37.7. The number of carbonyl (C=O) groups is 2. The van der Waals surface area contributed by atoms with Crippen molar-refractivity contribution in [3.63, 3.8) is 0 Å². The molecule has 12 heteroatoms. The molecule has 2 aromatic carbocycles. The zero-order valence-electron chi connectivity index (χ0n) is 23.3. The number of halogens is 2. The number of hydrogen-bond donors (Lipinski definition) is 1. The molecule has 1 aliphatic rings. The molecule has 0 saturated carbocycles. The summed E-state index contributed by atoms with van der Waals surface area (Å²) >= 11 is 12.3. The van der Waals surface area contributed by atoms with Gasteiger partial charge in [-0.3, -0.25) is 13.9 Å². The third-order valence-electron chi connectivity index (χ3n) is 6.69. The number of ether oxygens (including phenoxy) is 2. The fraction of sp³-hybridized carbons (Fsp3) is 0.500. The van der Waals surface area contributed by atoms with Crippen LogP contribution in [0.5, 0.6) is 11.5 Å². The number of nitrogens with one attached hydrogen (secondary N) is 1. The standard InChI is InChI=1S/C28H37Cl2N3O6S/c1-5-19(3)31-28(35)24(6-2)32(18-20-9-11-22(29)23(30)16-20)27(34)8-7-13-33(40(4,36)37)21-10-12-25-26(17-21)39-15-14-38-25/h9-12,16-17,19,24H,5-8,13-15,18H2,1-4H3,(H,31,35)/t19-,24-/m0/s1. The number of hydrogen-bond acceptors (Lipinski definition) is 6. The van der Waals surface area contributed by atoms with E-state index in [1.807, 2.05) is 20.8 Å². The number of amides is 2. The maximum atomic E-state index is 13.6. The van der Waals surface area contributed by atoms with Gasteiger partial charge in [-0.2, -0.15) is 0 Å². The van der Waals surface area contributed by atoms with Crippen LogP contribution in [0.15, 0.2) is 36.4 Å². The van der Waals surface area contributed by atoms with Crippen molar-refractivity contribution in [2.75, 3.05) is 30.3 Å². The van der Waals surface area contributed by atoms with E-state index < -0.39 is 16.1 Å². The van der Waals surface area contributed by atoms with E-state index in [1.54, 1.807) is 36.4 Å². The molecule has 3 rings (SSSR count). The van der Waals surface area contributed by atoms with E-state index in [-0.39, 0.29) is 43.8 Å². The summed E-state index contributed by atoms with van der Waals surface area (Å²) in [4.78, 5) is 28.3. The van der Waals surface area contributed by atoms with Crippen molar-refractivity contribution in [3.8, 4) is 11.5 Å². The van der Waals surface area contributed by atoms with E-state index in [2.05, 4.69) is 5.32 Å². The van der Waals surface area contributed by atoms with E-state index in [0.29, 0.717) is 46.9 Å². The van der Waals surface area contributed by atoms with E-state index in [9.17, 15) is 18.0 Å². The van der Waals surface area contributed by atoms with Gasteiger partial charge in [-0.15, -0.1) is 0 Å². The normalized spacial score (nSPS) is 14.2. The lowest BCUT2D eigenvalue weighted by Crippen LogP contribution is -2.50. The summed E-state index contributed by atoms with van der Waals surface area (Å²) in [6.45, 7) is 6.76. The molecule has 220 valence electrons. The first-order valence-electron chi connectivity index (χ1n) is 13.4. The second kappa shape index (κ2) is 14.3. The second-order valence-electron chi connectivity index (χ2n) is 9.78. The van der Waals surface area contributed by atoms with Crippen LogP contribution in [0.4, 0.5) is 5.69 Å². The zero-order valence-corrected chi connectivity index (χ0v) is 25.6. The molecule has 0 unspecified atom stereocenters. The highest BCUT2D eigenvalue weighted by Gasteiger charge is 2.30. The predicted octanol–water partition coefficient (Wildman–Crippen LogP) is 5.03. The molecule has 0 aromatic heterocycles. The lowest BCUT2D eigenvalue weighted by atomic mass is 10.1.